The lowest BCUT2D eigenvalue weighted by atomic mass is 10.1. The molecule has 70 valence electrons. The Labute approximate surface area is 79.7 Å². The van der Waals surface area contributed by atoms with E-state index < -0.39 is 0 Å². The molecule has 0 spiro atoms. The standard InChI is InChI=1S/C8H10N2O2S/c11-10(12)7-2-4-13-8(7)6-1-3-9-5-6/h2,4,6,9H,1,3,5H2. The van der Waals surface area contributed by atoms with Crippen molar-refractivity contribution in [2.24, 2.45) is 0 Å². The summed E-state index contributed by atoms with van der Waals surface area (Å²) in [6, 6.07) is 1.60. The molecule has 2 heterocycles. The molecule has 1 N–H and O–H groups in total. The molecule has 1 saturated heterocycles. The Balaban J connectivity index is 2.28. The van der Waals surface area contributed by atoms with Gasteiger partial charge in [0.2, 0.25) is 0 Å². The fraction of sp³-hybridized carbons (Fsp3) is 0.500. The van der Waals surface area contributed by atoms with E-state index in [9.17, 15) is 10.1 Å². The van der Waals surface area contributed by atoms with E-state index in [0.29, 0.717) is 11.6 Å². The number of nitrogens with one attached hydrogen (secondary N) is 1. The van der Waals surface area contributed by atoms with Crippen molar-refractivity contribution in [1.82, 2.24) is 5.32 Å². The number of hydrogen-bond acceptors (Lipinski definition) is 4. The van der Waals surface area contributed by atoms with Crippen molar-refractivity contribution >= 4 is 17.0 Å². The molecule has 0 amide bonds. The topological polar surface area (TPSA) is 55.2 Å². The van der Waals surface area contributed by atoms with Gasteiger partial charge in [-0.3, -0.25) is 10.1 Å². The summed E-state index contributed by atoms with van der Waals surface area (Å²) in [6.07, 6.45) is 1.02. The van der Waals surface area contributed by atoms with Gasteiger partial charge in [-0.25, -0.2) is 0 Å². The summed E-state index contributed by atoms with van der Waals surface area (Å²) < 4.78 is 0. The first-order valence-corrected chi connectivity index (χ1v) is 5.09. The van der Waals surface area contributed by atoms with Crippen LogP contribution in [-0.2, 0) is 0 Å². The van der Waals surface area contributed by atoms with E-state index in [4.69, 9.17) is 0 Å². The Kier molecular flexibility index (Phi) is 2.28. The van der Waals surface area contributed by atoms with Crippen LogP contribution in [0.4, 0.5) is 5.69 Å². The van der Waals surface area contributed by atoms with Gasteiger partial charge in [-0.05, 0) is 18.3 Å². The van der Waals surface area contributed by atoms with Gasteiger partial charge in [0.25, 0.3) is 5.69 Å². The predicted molar refractivity (Wildman–Crippen MR) is 51.2 cm³/mol. The molecule has 1 aromatic rings. The Morgan fingerprint density at radius 1 is 1.69 bits per heavy atom. The first-order chi connectivity index (χ1) is 6.29. The summed E-state index contributed by atoms with van der Waals surface area (Å²) in [5, 5.41) is 15.6. The van der Waals surface area contributed by atoms with Crippen LogP contribution in [0, 0.1) is 10.1 Å². The van der Waals surface area contributed by atoms with Crippen molar-refractivity contribution in [2.45, 2.75) is 12.3 Å². The Morgan fingerprint density at radius 3 is 3.15 bits per heavy atom. The molecular formula is C8H10N2O2S. The molecular weight excluding hydrogens is 188 g/mol. The van der Waals surface area contributed by atoms with E-state index in [1.807, 2.05) is 0 Å². The molecule has 0 radical (unpaired) electrons. The minimum Gasteiger partial charge on any atom is -0.316 e. The van der Waals surface area contributed by atoms with E-state index in [1.165, 1.54) is 11.3 Å². The van der Waals surface area contributed by atoms with Gasteiger partial charge in [0, 0.05) is 18.5 Å². The van der Waals surface area contributed by atoms with Crippen molar-refractivity contribution in [3.05, 3.63) is 26.4 Å². The third-order valence-electron chi connectivity index (χ3n) is 2.30. The van der Waals surface area contributed by atoms with Gasteiger partial charge in [-0.1, -0.05) is 0 Å². The van der Waals surface area contributed by atoms with Gasteiger partial charge in [0.05, 0.1) is 9.80 Å². The highest BCUT2D eigenvalue weighted by Gasteiger charge is 2.25. The zero-order valence-corrected chi connectivity index (χ0v) is 7.84. The van der Waals surface area contributed by atoms with Gasteiger partial charge in [0.1, 0.15) is 0 Å². The molecule has 0 bridgehead atoms. The number of nitrogens with zero attached hydrogens (tertiary/aromatic N) is 1. The number of hydrogen-bond donors (Lipinski definition) is 1. The van der Waals surface area contributed by atoms with Crippen LogP contribution in [0.3, 0.4) is 0 Å². The fourth-order valence-corrected chi connectivity index (χ4v) is 2.65. The van der Waals surface area contributed by atoms with Crippen molar-refractivity contribution in [3.63, 3.8) is 0 Å². The van der Waals surface area contributed by atoms with E-state index in [0.717, 1.165) is 24.4 Å². The average Bonchev–Trinajstić information content (AvgIpc) is 2.74. The zero-order valence-electron chi connectivity index (χ0n) is 7.03. The SMILES string of the molecule is O=[N+]([O-])c1ccsc1C1CCNC1. The predicted octanol–water partition coefficient (Wildman–Crippen LogP) is 1.73. The van der Waals surface area contributed by atoms with E-state index in [-0.39, 0.29) is 4.92 Å². The second kappa shape index (κ2) is 3.43. The molecule has 0 aromatic carbocycles. The Bertz CT molecular complexity index is 318. The van der Waals surface area contributed by atoms with Crippen LogP contribution in [0.25, 0.3) is 0 Å². The minimum atomic E-state index is -0.288. The highest BCUT2D eigenvalue weighted by molar-refractivity contribution is 7.10. The lowest BCUT2D eigenvalue weighted by Crippen LogP contribution is -2.07. The van der Waals surface area contributed by atoms with Crippen molar-refractivity contribution in [2.75, 3.05) is 13.1 Å². The maximum absolute atomic E-state index is 10.6. The third-order valence-corrected chi connectivity index (χ3v) is 3.37. The van der Waals surface area contributed by atoms with E-state index in [1.54, 1.807) is 11.4 Å². The number of nitro groups is 1. The van der Waals surface area contributed by atoms with Crippen LogP contribution in [0.1, 0.15) is 17.2 Å². The van der Waals surface area contributed by atoms with Gasteiger partial charge < -0.3 is 5.32 Å². The second-order valence-electron chi connectivity index (χ2n) is 3.12. The molecule has 1 unspecified atom stereocenters. The maximum Gasteiger partial charge on any atom is 0.283 e. The Hall–Kier alpha value is -0.940. The van der Waals surface area contributed by atoms with Crippen molar-refractivity contribution in [3.8, 4) is 0 Å². The van der Waals surface area contributed by atoms with Crippen LogP contribution < -0.4 is 5.32 Å². The van der Waals surface area contributed by atoms with Crippen LogP contribution in [-0.4, -0.2) is 18.0 Å². The molecule has 1 aliphatic rings. The van der Waals surface area contributed by atoms with Gasteiger partial charge in [0.15, 0.2) is 0 Å². The van der Waals surface area contributed by atoms with Crippen molar-refractivity contribution in [1.29, 1.82) is 0 Å². The first-order valence-electron chi connectivity index (χ1n) is 4.21. The smallest absolute Gasteiger partial charge is 0.283 e. The molecule has 1 atom stereocenters. The number of thiophene rings is 1. The summed E-state index contributed by atoms with van der Waals surface area (Å²) in [5.41, 5.74) is 0.290. The molecule has 4 nitrogen and oxygen atoms in total. The summed E-state index contributed by atoms with van der Waals surface area (Å²) in [4.78, 5) is 11.3. The van der Waals surface area contributed by atoms with Gasteiger partial charge in [-0.2, -0.15) is 0 Å². The normalized spacial score (nSPS) is 22.0. The minimum absolute atomic E-state index is 0.288. The molecule has 5 heteroatoms. The van der Waals surface area contributed by atoms with Crippen molar-refractivity contribution < 1.29 is 4.92 Å². The summed E-state index contributed by atoms with van der Waals surface area (Å²) in [6.45, 7) is 1.85. The first kappa shape index (κ1) is 8.65. The van der Waals surface area contributed by atoms with Gasteiger partial charge in [-0.15, -0.1) is 11.3 Å². The summed E-state index contributed by atoms with van der Waals surface area (Å²) in [7, 11) is 0. The molecule has 2 rings (SSSR count). The third kappa shape index (κ3) is 1.57. The monoisotopic (exact) mass is 198 g/mol. The molecule has 0 saturated carbocycles. The second-order valence-corrected chi connectivity index (χ2v) is 4.06. The molecule has 0 aliphatic carbocycles. The zero-order chi connectivity index (χ0) is 9.26. The molecule has 13 heavy (non-hydrogen) atoms. The molecule has 1 fully saturated rings. The molecule has 1 aromatic heterocycles. The lowest BCUT2D eigenvalue weighted by molar-refractivity contribution is -0.385. The average molecular weight is 198 g/mol. The lowest BCUT2D eigenvalue weighted by Gasteiger charge is -2.03. The molecule has 1 aliphatic heterocycles. The van der Waals surface area contributed by atoms with Gasteiger partial charge >= 0.3 is 0 Å². The van der Waals surface area contributed by atoms with Crippen LogP contribution >= 0.6 is 11.3 Å². The quantitative estimate of drug-likeness (QED) is 0.581. The largest absolute Gasteiger partial charge is 0.316 e. The summed E-state index contributed by atoms with van der Waals surface area (Å²) >= 11 is 1.49. The fourth-order valence-electron chi connectivity index (χ4n) is 1.65. The van der Waals surface area contributed by atoms with Crippen LogP contribution in [0.15, 0.2) is 11.4 Å². The maximum atomic E-state index is 10.6. The van der Waals surface area contributed by atoms with Crippen LogP contribution in [0.2, 0.25) is 0 Å². The highest BCUT2D eigenvalue weighted by Crippen LogP contribution is 2.34. The Morgan fingerprint density at radius 2 is 2.54 bits per heavy atom. The van der Waals surface area contributed by atoms with Crippen LogP contribution in [0.5, 0.6) is 0 Å². The number of rotatable bonds is 2. The summed E-state index contributed by atoms with van der Waals surface area (Å²) in [5.74, 6) is 0.348. The van der Waals surface area contributed by atoms with E-state index >= 15 is 0 Å². The van der Waals surface area contributed by atoms with E-state index in [2.05, 4.69) is 5.32 Å². The highest BCUT2D eigenvalue weighted by atomic mass is 32.1.